The molecule has 0 spiro atoms. The van der Waals surface area contributed by atoms with Crippen molar-refractivity contribution in [3.8, 4) is 0 Å². The minimum Gasteiger partial charge on any atom is -0.343 e. The molecule has 132 valence electrons. The van der Waals surface area contributed by atoms with Gasteiger partial charge in [0.05, 0.1) is 5.75 Å². The number of carbonyl (C=O) groups is 4. The molecule has 0 aromatic carbocycles. The van der Waals surface area contributed by atoms with Crippen molar-refractivity contribution in [2.24, 2.45) is 5.92 Å². The lowest BCUT2D eigenvalue weighted by Crippen LogP contribution is -2.50. The van der Waals surface area contributed by atoms with Crippen molar-refractivity contribution in [3.63, 3.8) is 0 Å². The van der Waals surface area contributed by atoms with Crippen LogP contribution < -0.4 is 0 Å². The molecule has 0 aromatic heterocycles. The first-order chi connectivity index (χ1) is 11.5. The summed E-state index contributed by atoms with van der Waals surface area (Å²) in [6.45, 7) is 4.05. The van der Waals surface area contributed by atoms with E-state index in [9.17, 15) is 19.2 Å². The van der Waals surface area contributed by atoms with Crippen LogP contribution in [0.25, 0.3) is 0 Å². The maximum Gasteiger partial charge on any atom is 0.289 e. The first-order valence-corrected chi connectivity index (χ1v) is 9.49. The van der Waals surface area contributed by atoms with Gasteiger partial charge in [0.25, 0.3) is 5.24 Å². The number of hydrogen-bond acceptors (Lipinski definition) is 5. The van der Waals surface area contributed by atoms with Crippen LogP contribution in [0.15, 0.2) is 0 Å². The van der Waals surface area contributed by atoms with E-state index in [-0.39, 0.29) is 40.7 Å². The zero-order valence-corrected chi connectivity index (χ0v) is 14.7. The van der Waals surface area contributed by atoms with E-state index in [1.54, 1.807) is 11.8 Å². The molecule has 24 heavy (non-hydrogen) atoms. The molecule has 0 atom stereocenters. The summed E-state index contributed by atoms with van der Waals surface area (Å²) < 4.78 is 0. The van der Waals surface area contributed by atoms with Crippen molar-refractivity contribution in [1.29, 1.82) is 0 Å². The molecule has 3 rings (SSSR count). The van der Waals surface area contributed by atoms with Gasteiger partial charge in [0.2, 0.25) is 17.7 Å². The van der Waals surface area contributed by atoms with Gasteiger partial charge in [0, 0.05) is 45.1 Å². The summed E-state index contributed by atoms with van der Waals surface area (Å²) in [5.74, 6) is 0.353. The first-order valence-electron chi connectivity index (χ1n) is 8.50. The Labute approximate surface area is 145 Å². The van der Waals surface area contributed by atoms with Crippen LogP contribution in [-0.4, -0.2) is 75.6 Å². The van der Waals surface area contributed by atoms with Gasteiger partial charge in [-0.3, -0.25) is 24.1 Å². The number of rotatable bonds is 2. The second-order valence-corrected chi connectivity index (χ2v) is 7.58. The summed E-state index contributed by atoms with van der Waals surface area (Å²) in [4.78, 5) is 52.7. The van der Waals surface area contributed by atoms with Crippen molar-refractivity contribution in [2.45, 2.75) is 38.6 Å². The van der Waals surface area contributed by atoms with Gasteiger partial charge in [-0.15, -0.1) is 0 Å². The molecule has 0 radical (unpaired) electrons. The number of amides is 4. The van der Waals surface area contributed by atoms with Crippen molar-refractivity contribution < 1.29 is 19.2 Å². The predicted molar refractivity (Wildman–Crippen MR) is 89.3 cm³/mol. The average Bonchev–Trinajstić information content (AvgIpc) is 2.93. The quantitative estimate of drug-likeness (QED) is 0.738. The topological polar surface area (TPSA) is 78.0 Å². The van der Waals surface area contributed by atoms with E-state index >= 15 is 0 Å². The third kappa shape index (κ3) is 3.43. The summed E-state index contributed by atoms with van der Waals surface area (Å²) >= 11 is 1.06. The van der Waals surface area contributed by atoms with Gasteiger partial charge in [-0.25, -0.2) is 0 Å². The van der Waals surface area contributed by atoms with Crippen LogP contribution in [0.2, 0.25) is 0 Å². The summed E-state index contributed by atoms with van der Waals surface area (Å²) in [7, 11) is 0. The molecule has 3 aliphatic rings. The minimum absolute atomic E-state index is 0.0113. The molecule has 0 aliphatic carbocycles. The lowest BCUT2D eigenvalue weighted by Gasteiger charge is -2.38. The van der Waals surface area contributed by atoms with E-state index in [1.165, 1.54) is 4.90 Å². The molecule has 0 unspecified atom stereocenters. The molecule has 3 saturated heterocycles. The smallest absolute Gasteiger partial charge is 0.289 e. The molecule has 0 N–H and O–H groups in total. The Kier molecular flexibility index (Phi) is 5.12. The van der Waals surface area contributed by atoms with Gasteiger partial charge in [-0.2, -0.15) is 0 Å². The van der Waals surface area contributed by atoms with Crippen molar-refractivity contribution in [2.75, 3.05) is 31.9 Å². The van der Waals surface area contributed by atoms with E-state index in [0.717, 1.165) is 24.6 Å². The highest BCUT2D eigenvalue weighted by molar-refractivity contribution is 8.14. The third-order valence-corrected chi connectivity index (χ3v) is 6.05. The Balaban J connectivity index is 1.50. The van der Waals surface area contributed by atoms with Gasteiger partial charge < -0.3 is 9.80 Å². The van der Waals surface area contributed by atoms with Crippen LogP contribution in [-0.2, 0) is 14.4 Å². The Morgan fingerprint density at radius 2 is 1.54 bits per heavy atom. The fourth-order valence-electron chi connectivity index (χ4n) is 3.76. The van der Waals surface area contributed by atoms with Crippen molar-refractivity contribution in [3.05, 3.63) is 0 Å². The van der Waals surface area contributed by atoms with Gasteiger partial charge in [-0.1, -0.05) is 11.8 Å². The van der Waals surface area contributed by atoms with Crippen LogP contribution in [0.3, 0.4) is 0 Å². The molecule has 0 aromatic rings. The SMILES string of the molecule is CC(=O)N1CCC(C(=O)N2CCC(N3C(=O)CSC3=O)CC2)CC1. The van der Waals surface area contributed by atoms with Crippen LogP contribution in [0.4, 0.5) is 4.79 Å². The maximum atomic E-state index is 12.7. The first kappa shape index (κ1) is 17.3. The number of likely N-dealkylation sites (tertiary alicyclic amines) is 2. The number of hydrogen-bond donors (Lipinski definition) is 0. The predicted octanol–water partition coefficient (Wildman–Crippen LogP) is 0.931. The lowest BCUT2D eigenvalue weighted by molar-refractivity contribution is -0.141. The second-order valence-electron chi connectivity index (χ2n) is 6.66. The monoisotopic (exact) mass is 353 g/mol. The molecule has 4 amide bonds. The largest absolute Gasteiger partial charge is 0.343 e. The van der Waals surface area contributed by atoms with Crippen molar-refractivity contribution >= 4 is 34.7 Å². The number of carbonyl (C=O) groups excluding carboxylic acids is 4. The van der Waals surface area contributed by atoms with E-state index in [1.807, 2.05) is 4.90 Å². The molecule has 8 heteroatoms. The normalized spacial score (nSPS) is 24.0. The standard InChI is InChI=1S/C16H23N3O4S/c1-11(20)17-6-2-12(3-7-17)15(22)18-8-4-13(5-9-18)19-14(21)10-24-16(19)23/h12-13H,2-10H2,1H3. The van der Waals surface area contributed by atoms with E-state index in [0.29, 0.717) is 39.0 Å². The Morgan fingerprint density at radius 1 is 0.958 bits per heavy atom. The molecule has 7 nitrogen and oxygen atoms in total. The Bertz CT molecular complexity index is 536. The van der Waals surface area contributed by atoms with Crippen molar-refractivity contribution in [1.82, 2.24) is 14.7 Å². The Hall–Kier alpha value is -1.57. The van der Waals surface area contributed by atoms with Gasteiger partial charge >= 0.3 is 0 Å². The van der Waals surface area contributed by atoms with Crippen LogP contribution in [0, 0.1) is 5.92 Å². The summed E-state index contributed by atoms with van der Waals surface area (Å²) in [6.07, 6.45) is 2.77. The number of imide groups is 1. The second kappa shape index (κ2) is 7.13. The molecule has 3 aliphatic heterocycles. The molecular formula is C16H23N3O4S. The summed E-state index contributed by atoms with van der Waals surface area (Å²) in [6, 6.07) is -0.0661. The number of thioether (sulfide) groups is 1. The molecule has 0 saturated carbocycles. The zero-order valence-electron chi connectivity index (χ0n) is 13.9. The lowest BCUT2D eigenvalue weighted by atomic mass is 9.93. The van der Waals surface area contributed by atoms with Gasteiger partial charge in [0.15, 0.2) is 0 Å². The molecule has 3 heterocycles. The highest BCUT2D eigenvalue weighted by Crippen LogP contribution is 2.28. The minimum atomic E-state index is -0.151. The number of nitrogens with zero attached hydrogens (tertiary/aromatic N) is 3. The fraction of sp³-hybridized carbons (Fsp3) is 0.750. The van der Waals surface area contributed by atoms with Crippen LogP contribution in [0.5, 0.6) is 0 Å². The van der Waals surface area contributed by atoms with Crippen LogP contribution >= 0.6 is 11.8 Å². The highest BCUT2D eigenvalue weighted by Gasteiger charge is 2.39. The number of piperidine rings is 2. The average molecular weight is 353 g/mol. The van der Waals surface area contributed by atoms with E-state index < -0.39 is 0 Å². The summed E-state index contributed by atoms with van der Waals surface area (Å²) in [5.41, 5.74) is 0. The third-order valence-electron chi connectivity index (χ3n) is 5.22. The highest BCUT2D eigenvalue weighted by atomic mass is 32.2. The fourth-order valence-corrected chi connectivity index (χ4v) is 4.54. The van der Waals surface area contributed by atoms with Gasteiger partial charge in [-0.05, 0) is 25.7 Å². The zero-order chi connectivity index (χ0) is 17.3. The molecule has 3 fully saturated rings. The van der Waals surface area contributed by atoms with Gasteiger partial charge in [0.1, 0.15) is 0 Å². The summed E-state index contributed by atoms with van der Waals surface area (Å²) in [5, 5.41) is -0.151. The maximum absolute atomic E-state index is 12.7. The van der Waals surface area contributed by atoms with Crippen LogP contribution in [0.1, 0.15) is 32.6 Å². The Morgan fingerprint density at radius 3 is 2.04 bits per heavy atom. The molecular weight excluding hydrogens is 330 g/mol. The van der Waals surface area contributed by atoms with E-state index in [2.05, 4.69) is 0 Å². The molecule has 0 bridgehead atoms. The van der Waals surface area contributed by atoms with E-state index in [4.69, 9.17) is 0 Å².